The van der Waals surface area contributed by atoms with E-state index >= 15 is 0 Å². The maximum absolute atomic E-state index is 12.5. The zero-order chi connectivity index (χ0) is 30.6. The number of carbonyl (C=O) groups is 5. The number of nitrogens with one attached hydrogen (secondary N) is 4. The van der Waals surface area contributed by atoms with Gasteiger partial charge in [0.05, 0.1) is 18.2 Å². The lowest BCUT2D eigenvalue weighted by Gasteiger charge is -2.29. The Morgan fingerprint density at radius 3 is 2.71 bits per heavy atom. The molecule has 0 radical (unpaired) electrons. The Balaban J connectivity index is 1.30. The normalized spacial score (nSPS) is 18.9. The summed E-state index contributed by atoms with van der Waals surface area (Å²) in [7, 11) is 1.57. The van der Waals surface area contributed by atoms with Crippen LogP contribution in [0.2, 0.25) is 0 Å². The molecular weight excluding hydrogens is 554 g/mol. The fourth-order valence-electron chi connectivity index (χ4n) is 4.34. The van der Waals surface area contributed by atoms with Gasteiger partial charge in [-0.2, -0.15) is 0 Å². The van der Waals surface area contributed by atoms with E-state index in [1.54, 1.807) is 25.2 Å². The number of likely N-dealkylation sites (N-methyl/N-ethyl adjacent to an activating group) is 1. The maximum Gasteiger partial charge on any atom is 0.268 e. The van der Waals surface area contributed by atoms with Crippen LogP contribution in [0.4, 0.5) is 0 Å². The average Bonchev–Trinajstić information content (AvgIpc) is 3.46. The van der Waals surface area contributed by atoms with Gasteiger partial charge >= 0.3 is 0 Å². The van der Waals surface area contributed by atoms with Crippen molar-refractivity contribution in [3.05, 3.63) is 29.8 Å². The van der Waals surface area contributed by atoms with Crippen LogP contribution in [0, 0.1) is 0 Å². The predicted molar refractivity (Wildman–Crippen MR) is 145 cm³/mol. The SMILES string of the molecule is CNC(CCCN(O)C(=O)CCNC(=O)CNC(=O)C1COC(c2ccccc2O)=N1)C(=O)NC1CCCN(O)C1=O. The van der Waals surface area contributed by atoms with Crippen LogP contribution in [0.15, 0.2) is 29.3 Å². The molecule has 1 aromatic rings. The number of hydroxylamine groups is 4. The van der Waals surface area contributed by atoms with Gasteiger partial charge in [0.1, 0.15) is 18.4 Å². The van der Waals surface area contributed by atoms with E-state index in [1.165, 1.54) is 6.07 Å². The number of nitrogens with zero attached hydrogens (tertiary/aromatic N) is 3. The molecule has 0 saturated carbocycles. The fourth-order valence-corrected chi connectivity index (χ4v) is 4.34. The van der Waals surface area contributed by atoms with E-state index in [1.807, 2.05) is 0 Å². The van der Waals surface area contributed by atoms with Crippen LogP contribution in [-0.4, -0.2) is 119 Å². The summed E-state index contributed by atoms with van der Waals surface area (Å²) in [6, 6.07) is 4.03. The van der Waals surface area contributed by atoms with Gasteiger partial charge in [-0.25, -0.2) is 15.1 Å². The van der Waals surface area contributed by atoms with Crippen molar-refractivity contribution in [2.45, 2.75) is 50.2 Å². The highest BCUT2D eigenvalue weighted by Gasteiger charge is 2.31. The summed E-state index contributed by atoms with van der Waals surface area (Å²) in [4.78, 5) is 65.2. The van der Waals surface area contributed by atoms with Crippen LogP contribution in [0.5, 0.6) is 5.75 Å². The Bertz CT molecular complexity index is 1180. The number of piperidine rings is 1. The van der Waals surface area contributed by atoms with Gasteiger partial charge in [-0.15, -0.1) is 0 Å². The van der Waals surface area contributed by atoms with Crippen molar-refractivity contribution in [2.24, 2.45) is 4.99 Å². The summed E-state index contributed by atoms with van der Waals surface area (Å²) in [5.74, 6) is -2.63. The largest absolute Gasteiger partial charge is 0.507 e. The van der Waals surface area contributed by atoms with E-state index in [0.717, 1.165) is 0 Å². The number of hydrogen-bond donors (Lipinski definition) is 7. The lowest BCUT2D eigenvalue weighted by Crippen LogP contribution is -2.54. The van der Waals surface area contributed by atoms with Crippen molar-refractivity contribution in [2.75, 3.05) is 39.8 Å². The molecule has 1 aromatic carbocycles. The third-order valence-electron chi connectivity index (χ3n) is 6.72. The second-order valence-corrected chi connectivity index (χ2v) is 9.76. The smallest absolute Gasteiger partial charge is 0.268 e. The number of ether oxygens (including phenoxy) is 1. The molecular formula is C26H37N7O9. The molecule has 3 unspecified atom stereocenters. The van der Waals surface area contributed by atoms with Crippen LogP contribution >= 0.6 is 0 Å². The van der Waals surface area contributed by atoms with Crippen LogP contribution in [0.25, 0.3) is 0 Å². The van der Waals surface area contributed by atoms with Crippen LogP contribution in [0.1, 0.15) is 37.7 Å². The molecule has 2 aliphatic rings. The summed E-state index contributed by atoms with van der Waals surface area (Å²) in [6.07, 6.45) is 1.31. The minimum Gasteiger partial charge on any atom is -0.507 e. The molecule has 1 saturated heterocycles. The standard InChI is InChI=1S/C26H37N7O9/c1-27-17(24(38)30-18-8-5-13-33(41)26(18)39)7-4-12-32(40)22(36)10-11-28-21(35)14-29-23(37)19-15-42-25(31-19)16-6-2-3-9-20(16)34/h2-3,6,9,17-19,27,34,40-41H,4-5,7-8,10-15H2,1H3,(H,28,35)(H,29,37)(H,30,38). The molecule has 16 nitrogen and oxygen atoms in total. The van der Waals surface area contributed by atoms with Crippen molar-refractivity contribution in [1.82, 2.24) is 31.4 Å². The summed E-state index contributed by atoms with van der Waals surface area (Å²) < 4.78 is 5.39. The highest BCUT2D eigenvalue weighted by atomic mass is 16.5. The Kier molecular flexibility index (Phi) is 12.0. The Morgan fingerprint density at radius 2 is 1.98 bits per heavy atom. The van der Waals surface area contributed by atoms with Gasteiger partial charge < -0.3 is 31.1 Å². The molecule has 0 aliphatic carbocycles. The first-order chi connectivity index (χ1) is 20.1. The van der Waals surface area contributed by atoms with Gasteiger partial charge in [0.25, 0.3) is 5.91 Å². The number of rotatable bonds is 14. The quantitative estimate of drug-likeness (QED) is 0.0954. The first kappa shape index (κ1) is 32.2. The third kappa shape index (κ3) is 9.12. The summed E-state index contributed by atoms with van der Waals surface area (Å²) in [5.41, 5.74) is 0.355. The van der Waals surface area contributed by atoms with E-state index < -0.39 is 47.7 Å². The van der Waals surface area contributed by atoms with E-state index in [9.17, 15) is 39.5 Å². The second kappa shape index (κ2) is 15.6. The van der Waals surface area contributed by atoms with E-state index in [-0.39, 0.29) is 63.7 Å². The number of aliphatic imine (C=N–C) groups is 1. The van der Waals surface area contributed by atoms with Gasteiger partial charge in [0.15, 0.2) is 6.04 Å². The van der Waals surface area contributed by atoms with Gasteiger partial charge in [-0.3, -0.25) is 34.4 Å². The van der Waals surface area contributed by atoms with Gasteiger partial charge in [-0.05, 0) is 44.9 Å². The van der Waals surface area contributed by atoms with Crippen molar-refractivity contribution in [3.63, 3.8) is 0 Å². The van der Waals surface area contributed by atoms with Crippen molar-refractivity contribution in [3.8, 4) is 5.75 Å². The number of carbonyl (C=O) groups excluding carboxylic acids is 5. The molecule has 5 amide bonds. The minimum atomic E-state index is -0.883. The van der Waals surface area contributed by atoms with Gasteiger partial charge in [0.2, 0.25) is 29.5 Å². The lowest BCUT2D eigenvalue weighted by atomic mass is 10.0. The van der Waals surface area contributed by atoms with Crippen molar-refractivity contribution in [1.29, 1.82) is 0 Å². The van der Waals surface area contributed by atoms with Crippen LogP contribution < -0.4 is 21.3 Å². The van der Waals surface area contributed by atoms with Gasteiger partial charge in [0, 0.05) is 26.1 Å². The Hall–Kier alpha value is -4.28. The fraction of sp³-hybridized carbons (Fsp3) is 0.538. The molecule has 2 heterocycles. The first-order valence-corrected chi connectivity index (χ1v) is 13.6. The number of phenolic OH excluding ortho intramolecular Hbond substituents is 1. The number of hydrogen-bond acceptors (Lipinski definition) is 11. The third-order valence-corrected chi connectivity index (χ3v) is 6.72. The predicted octanol–water partition coefficient (Wildman–Crippen LogP) is -1.76. The molecule has 1 fully saturated rings. The van der Waals surface area contributed by atoms with E-state index in [4.69, 9.17) is 4.74 Å². The Labute approximate surface area is 242 Å². The molecule has 0 aromatic heterocycles. The minimum absolute atomic E-state index is 0.0355. The van der Waals surface area contributed by atoms with E-state index in [0.29, 0.717) is 28.5 Å². The molecule has 3 rings (SSSR count). The molecule has 42 heavy (non-hydrogen) atoms. The van der Waals surface area contributed by atoms with Crippen molar-refractivity contribution < 1.29 is 44.2 Å². The van der Waals surface area contributed by atoms with Crippen LogP contribution in [-0.2, 0) is 28.7 Å². The van der Waals surface area contributed by atoms with Gasteiger partial charge in [-0.1, -0.05) is 12.1 Å². The number of aromatic hydroxyl groups is 1. The number of para-hydroxylation sites is 1. The topological polar surface area (TPSA) is 222 Å². The molecule has 3 atom stereocenters. The first-order valence-electron chi connectivity index (χ1n) is 13.6. The average molecular weight is 592 g/mol. The van der Waals surface area contributed by atoms with E-state index in [2.05, 4.69) is 26.3 Å². The number of phenols is 1. The summed E-state index contributed by atoms with van der Waals surface area (Å²) in [5, 5.41) is 40.9. The highest BCUT2D eigenvalue weighted by Crippen LogP contribution is 2.21. The van der Waals surface area contributed by atoms with Crippen molar-refractivity contribution >= 4 is 35.4 Å². The highest BCUT2D eigenvalue weighted by molar-refractivity contribution is 6.00. The molecule has 7 N–H and O–H groups in total. The molecule has 16 heteroatoms. The zero-order valence-electron chi connectivity index (χ0n) is 23.2. The zero-order valence-corrected chi connectivity index (χ0v) is 23.2. The van der Waals surface area contributed by atoms with Crippen LogP contribution in [0.3, 0.4) is 0 Å². The molecule has 2 aliphatic heterocycles. The number of amides is 5. The molecule has 0 bridgehead atoms. The monoisotopic (exact) mass is 591 g/mol. The molecule has 0 spiro atoms. The number of benzene rings is 1. The summed E-state index contributed by atoms with van der Waals surface area (Å²) >= 11 is 0. The Morgan fingerprint density at radius 1 is 1.21 bits per heavy atom. The second-order valence-electron chi connectivity index (χ2n) is 9.76. The molecule has 230 valence electrons. The maximum atomic E-state index is 12.5. The summed E-state index contributed by atoms with van der Waals surface area (Å²) in [6.45, 7) is -0.319. The lowest BCUT2D eigenvalue weighted by molar-refractivity contribution is -0.173.